The van der Waals surface area contributed by atoms with Crippen LogP contribution in [-0.4, -0.2) is 24.2 Å². The van der Waals surface area contributed by atoms with Crippen LogP contribution in [0, 0.1) is 12.7 Å². The summed E-state index contributed by atoms with van der Waals surface area (Å²) in [5.41, 5.74) is 3.41. The summed E-state index contributed by atoms with van der Waals surface area (Å²) in [5.74, 6) is -0.542. The Morgan fingerprint density at radius 3 is 2.48 bits per heavy atom. The van der Waals surface area contributed by atoms with E-state index in [9.17, 15) is 9.18 Å². The van der Waals surface area contributed by atoms with Gasteiger partial charge in [0.15, 0.2) is 5.11 Å². The molecule has 1 saturated carbocycles. The van der Waals surface area contributed by atoms with Crippen molar-refractivity contribution in [3.63, 3.8) is 0 Å². The Morgan fingerprint density at radius 1 is 1.17 bits per heavy atom. The van der Waals surface area contributed by atoms with E-state index in [0.717, 1.165) is 42.5 Å². The molecule has 3 rings (SSSR count). The van der Waals surface area contributed by atoms with E-state index in [1.807, 2.05) is 25.1 Å². The van der Waals surface area contributed by atoms with Crippen molar-refractivity contribution in [3.05, 3.63) is 65.0 Å². The van der Waals surface area contributed by atoms with E-state index in [1.165, 1.54) is 12.1 Å². The van der Waals surface area contributed by atoms with Crippen molar-refractivity contribution < 1.29 is 13.9 Å². The number of benzene rings is 2. The number of ether oxygens (including phenoxy) is 1. The maximum atomic E-state index is 13.3. The number of esters is 1. The summed E-state index contributed by atoms with van der Waals surface area (Å²) in [6.45, 7) is 4.75. The van der Waals surface area contributed by atoms with Crippen LogP contribution < -0.4 is 10.6 Å². The molecule has 1 aliphatic rings. The number of carbonyl (C=O) groups excluding carboxylic acids is 1. The molecule has 0 spiro atoms. The Bertz CT molecular complexity index is 877. The van der Waals surface area contributed by atoms with E-state index in [-0.39, 0.29) is 17.2 Å². The number of carbonyl (C=O) groups is 1. The Labute approximate surface area is 176 Å². The van der Waals surface area contributed by atoms with Crippen LogP contribution in [-0.2, 0) is 10.2 Å². The second-order valence-electron chi connectivity index (χ2n) is 7.55. The van der Waals surface area contributed by atoms with Crippen molar-refractivity contribution >= 4 is 29.0 Å². The third-order valence-electron chi connectivity index (χ3n) is 5.59. The SMILES string of the molecule is CCOC(=O)c1ccc(NC(=S)NCC2(c3ccc(F)cc3)CCCC2)c(C)c1. The summed E-state index contributed by atoms with van der Waals surface area (Å²) < 4.78 is 18.4. The second-order valence-corrected chi connectivity index (χ2v) is 7.96. The Hall–Kier alpha value is -2.47. The summed E-state index contributed by atoms with van der Waals surface area (Å²) in [6.07, 6.45) is 4.43. The van der Waals surface area contributed by atoms with E-state index in [0.29, 0.717) is 23.8 Å². The fraction of sp³-hybridized carbons (Fsp3) is 0.391. The average molecular weight is 415 g/mol. The van der Waals surface area contributed by atoms with E-state index < -0.39 is 0 Å². The highest BCUT2D eigenvalue weighted by molar-refractivity contribution is 7.80. The van der Waals surface area contributed by atoms with Gasteiger partial charge in [-0.15, -0.1) is 0 Å². The summed E-state index contributed by atoms with van der Waals surface area (Å²) in [6, 6.07) is 12.2. The van der Waals surface area contributed by atoms with Gasteiger partial charge in [0, 0.05) is 17.6 Å². The van der Waals surface area contributed by atoms with Gasteiger partial charge in [-0.1, -0.05) is 25.0 Å². The minimum absolute atomic E-state index is 0.0255. The number of hydrogen-bond acceptors (Lipinski definition) is 3. The lowest BCUT2D eigenvalue weighted by atomic mass is 9.79. The van der Waals surface area contributed by atoms with Crippen LogP contribution in [0.1, 0.15) is 54.1 Å². The van der Waals surface area contributed by atoms with Gasteiger partial charge in [0.05, 0.1) is 12.2 Å². The normalized spacial score (nSPS) is 15.0. The number of hydrogen-bond donors (Lipinski definition) is 2. The quantitative estimate of drug-likeness (QED) is 0.508. The highest BCUT2D eigenvalue weighted by Gasteiger charge is 2.35. The van der Waals surface area contributed by atoms with Gasteiger partial charge in [-0.3, -0.25) is 0 Å². The standard InChI is InChI=1S/C23H27FN2O2S/c1-3-28-21(27)17-6-11-20(16(2)14-17)26-22(29)25-15-23(12-4-5-13-23)18-7-9-19(24)10-8-18/h6-11,14H,3-5,12-13,15H2,1-2H3,(H2,25,26,29). The summed E-state index contributed by atoms with van der Waals surface area (Å²) in [7, 11) is 0. The van der Waals surface area contributed by atoms with Crippen LogP contribution in [0.15, 0.2) is 42.5 Å². The molecule has 0 bridgehead atoms. The van der Waals surface area contributed by atoms with Crippen molar-refractivity contribution in [3.8, 4) is 0 Å². The smallest absolute Gasteiger partial charge is 0.338 e. The molecule has 0 heterocycles. The molecule has 0 aromatic heterocycles. The number of aryl methyl sites for hydroxylation is 1. The zero-order valence-electron chi connectivity index (χ0n) is 16.9. The molecule has 0 saturated heterocycles. The lowest BCUT2D eigenvalue weighted by Crippen LogP contribution is -2.40. The Balaban J connectivity index is 1.64. The summed E-state index contributed by atoms with van der Waals surface area (Å²) >= 11 is 5.50. The van der Waals surface area contributed by atoms with Crippen molar-refractivity contribution in [2.24, 2.45) is 0 Å². The van der Waals surface area contributed by atoms with Crippen LogP contribution >= 0.6 is 12.2 Å². The first-order chi connectivity index (χ1) is 13.9. The molecule has 0 atom stereocenters. The predicted octanol–water partition coefficient (Wildman–Crippen LogP) is 5.11. The van der Waals surface area contributed by atoms with E-state index >= 15 is 0 Å². The number of thiocarbonyl (C=S) groups is 1. The predicted molar refractivity (Wildman–Crippen MR) is 118 cm³/mol. The van der Waals surface area contributed by atoms with Crippen LogP contribution in [0.3, 0.4) is 0 Å². The number of rotatable bonds is 6. The van der Waals surface area contributed by atoms with E-state index in [4.69, 9.17) is 17.0 Å². The number of nitrogens with one attached hydrogen (secondary N) is 2. The summed E-state index contributed by atoms with van der Waals surface area (Å²) in [4.78, 5) is 11.9. The fourth-order valence-electron chi connectivity index (χ4n) is 3.98. The first kappa shape index (κ1) is 21.2. The van der Waals surface area contributed by atoms with Gasteiger partial charge in [-0.25, -0.2) is 9.18 Å². The molecule has 0 amide bonds. The molecule has 1 aliphatic carbocycles. The Morgan fingerprint density at radius 2 is 1.86 bits per heavy atom. The molecular weight excluding hydrogens is 387 g/mol. The topological polar surface area (TPSA) is 50.4 Å². The Kier molecular flexibility index (Phi) is 6.85. The number of anilines is 1. The molecule has 154 valence electrons. The van der Waals surface area contributed by atoms with Gasteiger partial charge in [0.1, 0.15) is 5.82 Å². The van der Waals surface area contributed by atoms with Gasteiger partial charge in [0.25, 0.3) is 0 Å². The summed E-state index contributed by atoms with van der Waals surface area (Å²) in [5, 5.41) is 7.10. The highest BCUT2D eigenvalue weighted by Crippen LogP contribution is 2.40. The van der Waals surface area contributed by atoms with Crippen molar-refractivity contribution in [1.82, 2.24) is 5.32 Å². The van der Waals surface area contributed by atoms with Crippen LogP contribution in [0.25, 0.3) is 0 Å². The lowest BCUT2D eigenvalue weighted by molar-refractivity contribution is 0.0526. The zero-order valence-corrected chi connectivity index (χ0v) is 17.7. The molecular formula is C23H27FN2O2S. The molecule has 4 nitrogen and oxygen atoms in total. The van der Waals surface area contributed by atoms with Gasteiger partial charge >= 0.3 is 5.97 Å². The first-order valence-corrected chi connectivity index (χ1v) is 10.4. The molecule has 0 radical (unpaired) electrons. The third-order valence-corrected chi connectivity index (χ3v) is 5.84. The second kappa shape index (κ2) is 9.35. The minimum Gasteiger partial charge on any atom is -0.462 e. The van der Waals surface area contributed by atoms with Crippen molar-refractivity contribution in [2.75, 3.05) is 18.5 Å². The lowest BCUT2D eigenvalue weighted by Gasteiger charge is -2.30. The monoisotopic (exact) mass is 414 g/mol. The van der Waals surface area contributed by atoms with Gasteiger partial charge < -0.3 is 15.4 Å². The molecule has 1 fully saturated rings. The third kappa shape index (κ3) is 5.12. The maximum absolute atomic E-state index is 13.3. The van der Waals surface area contributed by atoms with E-state index in [2.05, 4.69) is 10.6 Å². The molecule has 2 N–H and O–H groups in total. The van der Waals surface area contributed by atoms with Gasteiger partial charge in [0.2, 0.25) is 0 Å². The average Bonchev–Trinajstić information content (AvgIpc) is 3.19. The molecule has 0 unspecified atom stereocenters. The van der Waals surface area contributed by atoms with Crippen molar-refractivity contribution in [1.29, 1.82) is 0 Å². The molecule has 29 heavy (non-hydrogen) atoms. The fourth-order valence-corrected chi connectivity index (χ4v) is 4.17. The van der Waals surface area contributed by atoms with Crippen molar-refractivity contribution in [2.45, 2.75) is 44.9 Å². The van der Waals surface area contributed by atoms with Crippen LogP contribution in [0.4, 0.5) is 10.1 Å². The van der Waals surface area contributed by atoms with Crippen LogP contribution in [0.5, 0.6) is 0 Å². The largest absolute Gasteiger partial charge is 0.462 e. The molecule has 2 aromatic carbocycles. The first-order valence-electron chi connectivity index (χ1n) is 10.0. The van der Waals surface area contributed by atoms with Crippen LogP contribution in [0.2, 0.25) is 0 Å². The highest BCUT2D eigenvalue weighted by atomic mass is 32.1. The van der Waals surface area contributed by atoms with Gasteiger partial charge in [-0.05, 0) is 80.4 Å². The molecule has 0 aliphatic heterocycles. The maximum Gasteiger partial charge on any atom is 0.338 e. The molecule has 6 heteroatoms. The zero-order chi connectivity index (χ0) is 20.9. The molecule has 2 aromatic rings. The van der Waals surface area contributed by atoms with Gasteiger partial charge in [-0.2, -0.15) is 0 Å². The number of halogens is 1. The van der Waals surface area contributed by atoms with E-state index in [1.54, 1.807) is 19.1 Å². The minimum atomic E-state index is -0.328.